The van der Waals surface area contributed by atoms with E-state index < -0.39 is 76.4 Å². The van der Waals surface area contributed by atoms with Gasteiger partial charge in [-0.15, -0.1) is 0 Å². The molecule has 5 N–H and O–H groups in total. The fraction of sp³-hybridized carbons (Fsp3) is 0.609. The summed E-state index contributed by atoms with van der Waals surface area (Å²) in [4.78, 5) is 38.3. The normalized spacial score (nSPS) is 42.6. The molecule has 0 aromatic carbocycles. The maximum Gasteiger partial charge on any atom is 0.185 e. The van der Waals surface area contributed by atoms with Gasteiger partial charge in [-0.2, -0.15) is 0 Å². The Hall–Kier alpha value is -2.29. The van der Waals surface area contributed by atoms with Crippen molar-refractivity contribution in [3.05, 3.63) is 34.3 Å². The molecular weight excluding hydrogens is 404 g/mol. The minimum absolute atomic E-state index is 0.105. The Morgan fingerprint density at radius 3 is 2.42 bits per heavy atom. The first-order chi connectivity index (χ1) is 14.5. The molecular formula is C23H28O8. The molecule has 8 nitrogen and oxygen atoms in total. The van der Waals surface area contributed by atoms with Crippen molar-refractivity contribution < 1.29 is 39.9 Å². The van der Waals surface area contributed by atoms with E-state index in [9.17, 15) is 39.9 Å². The van der Waals surface area contributed by atoms with Crippen molar-refractivity contribution >= 4 is 17.3 Å². The Labute approximate surface area is 179 Å². The van der Waals surface area contributed by atoms with E-state index in [0.29, 0.717) is 12.0 Å². The Morgan fingerprint density at radius 1 is 1.16 bits per heavy atom. The van der Waals surface area contributed by atoms with Gasteiger partial charge in [-0.3, -0.25) is 14.4 Å². The summed E-state index contributed by atoms with van der Waals surface area (Å²) < 4.78 is 0. The lowest BCUT2D eigenvalue weighted by molar-refractivity contribution is -0.151. The fourth-order valence-electron chi connectivity index (χ4n) is 6.14. The largest absolute Gasteiger partial charge is 0.508 e. The fourth-order valence-corrected chi connectivity index (χ4v) is 6.14. The van der Waals surface area contributed by atoms with Gasteiger partial charge < -0.3 is 25.5 Å². The van der Waals surface area contributed by atoms with Crippen molar-refractivity contribution in [3.63, 3.8) is 0 Å². The number of hydrogen-bond donors (Lipinski definition) is 5. The minimum atomic E-state index is -2.62. The highest BCUT2D eigenvalue weighted by Crippen LogP contribution is 2.56. The number of aliphatic hydroxyl groups is 5. The van der Waals surface area contributed by atoms with E-state index in [0.717, 1.165) is 0 Å². The van der Waals surface area contributed by atoms with Crippen LogP contribution in [0.4, 0.5) is 0 Å². The third-order valence-corrected chi connectivity index (χ3v) is 7.94. The molecule has 168 valence electrons. The van der Waals surface area contributed by atoms with E-state index in [1.165, 1.54) is 6.92 Å². The van der Waals surface area contributed by atoms with E-state index in [1.54, 1.807) is 6.92 Å². The molecule has 1 saturated carbocycles. The van der Waals surface area contributed by atoms with Gasteiger partial charge in [-0.25, -0.2) is 0 Å². The Balaban J connectivity index is 1.94. The predicted molar refractivity (Wildman–Crippen MR) is 108 cm³/mol. The molecule has 0 aliphatic heterocycles. The van der Waals surface area contributed by atoms with Crippen LogP contribution in [0.5, 0.6) is 0 Å². The molecule has 4 rings (SSSR count). The number of ketones is 3. The van der Waals surface area contributed by atoms with Crippen LogP contribution in [0.3, 0.4) is 0 Å². The number of carbonyl (C=O) groups is 3. The van der Waals surface area contributed by atoms with Crippen molar-refractivity contribution in [2.24, 2.45) is 29.6 Å². The second-order valence-electron chi connectivity index (χ2n) is 9.32. The van der Waals surface area contributed by atoms with Gasteiger partial charge >= 0.3 is 0 Å². The molecule has 3 unspecified atom stereocenters. The molecule has 0 saturated heterocycles. The van der Waals surface area contributed by atoms with Crippen LogP contribution in [0.25, 0.3) is 0 Å². The van der Waals surface area contributed by atoms with E-state index >= 15 is 0 Å². The van der Waals surface area contributed by atoms with Crippen molar-refractivity contribution in [1.82, 2.24) is 0 Å². The van der Waals surface area contributed by atoms with Crippen LogP contribution in [0.2, 0.25) is 0 Å². The Morgan fingerprint density at radius 2 is 1.81 bits per heavy atom. The summed E-state index contributed by atoms with van der Waals surface area (Å²) in [6.07, 6.45) is -0.652. The first-order valence-electron chi connectivity index (χ1n) is 10.7. The average Bonchev–Trinajstić information content (AvgIpc) is 2.73. The maximum atomic E-state index is 13.5. The molecule has 8 heteroatoms. The SMILES string of the molecule is CCC(=O)C1=C(O)[C@@]2(O)C(O)=C3C(=O)C4C(O)C(C)=CCC4[C@H](C)[C@H]3[C@H](O)[C@H]2CC1=O. The zero-order chi connectivity index (χ0) is 23.0. The van der Waals surface area contributed by atoms with Crippen LogP contribution >= 0.6 is 0 Å². The average molecular weight is 432 g/mol. The molecule has 0 aromatic heterocycles. The zero-order valence-corrected chi connectivity index (χ0v) is 17.7. The highest BCUT2D eigenvalue weighted by molar-refractivity contribution is 6.21. The van der Waals surface area contributed by atoms with Crippen LogP contribution in [-0.2, 0) is 14.4 Å². The van der Waals surface area contributed by atoms with Gasteiger partial charge in [0.2, 0.25) is 0 Å². The number of allylic oxidation sites excluding steroid dienone is 2. The van der Waals surface area contributed by atoms with Crippen molar-refractivity contribution in [2.75, 3.05) is 0 Å². The van der Waals surface area contributed by atoms with Gasteiger partial charge in [0, 0.05) is 30.3 Å². The Bertz CT molecular complexity index is 972. The van der Waals surface area contributed by atoms with Gasteiger partial charge in [-0.05, 0) is 30.8 Å². The van der Waals surface area contributed by atoms with Crippen LogP contribution in [0.15, 0.2) is 34.3 Å². The van der Waals surface area contributed by atoms with Gasteiger partial charge in [0.25, 0.3) is 0 Å². The van der Waals surface area contributed by atoms with Crippen LogP contribution < -0.4 is 0 Å². The third-order valence-electron chi connectivity index (χ3n) is 7.94. The molecule has 8 atom stereocenters. The van der Waals surface area contributed by atoms with Crippen molar-refractivity contribution in [1.29, 1.82) is 0 Å². The molecule has 0 aromatic rings. The second kappa shape index (κ2) is 7.12. The molecule has 0 heterocycles. The van der Waals surface area contributed by atoms with Gasteiger partial charge in [0.1, 0.15) is 17.1 Å². The van der Waals surface area contributed by atoms with Crippen LogP contribution in [-0.4, -0.2) is 60.7 Å². The van der Waals surface area contributed by atoms with Gasteiger partial charge in [0.05, 0.1) is 18.1 Å². The van der Waals surface area contributed by atoms with Crippen molar-refractivity contribution in [3.8, 4) is 0 Å². The zero-order valence-electron chi connectivity index (χ0n) is 17.7. The number of aliphatic hydroxyl groups excluding tert-OH is 4. The van der Waals surface area contributed by atoms with Gasteiger partial charge in [-0.1, -0.05) is 19.9 Å². The van der Waals surface area contributed by atoms with Crippen LogP contribution in [0, 0.1) is 29.6 Å². The van der Waals surface area contributed by atoms with Gasteiger partial charge in [0.15, 0.2) is 23.0 Å². The number of fused-ring (bicyclic) bond motifs is 3. The summed E-state index contributed by atoms with van der Waals surface area (Å²) in [5, 5.41) is 55.1. The summed E-state index contributed by atoms with van der Waals surface area (Å²) in [7, 11) is 0. The topological polar surface area (TPSA) is 152 Å². The molecule has 0 radical (unpaired) electrons. The molecule has 31 heavy (non-hydrogen) atoms. The monoisotopic (exact) mass is 432 g/mol. The molecule has 1 fully saturated rings. The quantitative estimate of drug-likeness (QED) is 0.321. The molecule has 0 bridgehead atoms. The first-order valence-corrected chi connectivity index (χ1v) is 10.7. The van der Waals surface area contributed by atoms with E-state index in [2.05, 4.69) is 0 Å². The summed E-state index contributed by atoms with van der Waals surface area (Å²) in [5.41, 5.74) is -2.83. The number of hydrogen-bond acceptors (Lipinski definition) is 8. The highest BCUT2D eigenvalue weighted by Gasteiger charge is 2.64. The molecule has 0 spiro atoms. The summed E-state index contributed by atoms with van der Waals surface area (Å²) >= 11 is 0. The highest BCUT2D eigenvalue weighted by atomic mass is 16.4. The maximum absolute atomic E-state index is 13.5. The standard InChI is InChI=1S/C23H28O8/c1-4-12(24)16-13(25)7-11-19(27)14-9(3)10-6-5-8(2)18(26)15(10)20(28)17(14)22(30)23(11,31)21(16)29/h5,9-11,14-15,18-19,26-27,29-31H,4,6-7H2,1-3H3/t9-,10?,11+,14+,15?,18?,19+,23+/m0/s1. The predicted octanol–water partition coefficient (Wildman–Crippen LogP) is 1.06. The Kier molecular flexibility index (Phi) is 5.03. The third kappa shape index (κ3) is 2.68. The molecule has 0 amide bonds. The molecule has 4 aliphatic carbocycles. The number of carbonyl (C=O) groups excluding carboxylic acids is 3. The van der Waals surface area contributed by atoms with E-state index in [4.69, 9.17) is 0 Å². The lowest BCUT2D eigenvalue weighted by atomic mass is 9.52. The summed E-state index contributed by atoms with van der Waals surface area (Å²) in [5.74, 6) is -7.53. The smallest absolute Gasteiger partial charge is 0.185 e. The first kappa shape index (κ1) is 21.9. The summed E-state index contributed by atoms with van der Waals surface area (Å²) in [6.45, 7) is 5.01. The minimum Gasteiger partial charge on any atom is -0.508 e. The van der Waals surface area contributed by atoms with Crippen molar-refractivity contribution in [2.45, 2.75) is 57.8 Å². The summed E-state index contributed by atoms with van der Waals surface area (Å²) in [6, 6.07) is 0. The molecule has 4 aliphatic rings. The van der Waals surface area contributed by atoms with E-state index in [1.807, 2.05) is 13.0 Å². The number of rotatable bonds is 2. The number of Topliss-reactive ketones (excluding diaryl/α,β-unsaturated/α-hetero) is 3. The lowest BCUT2D eigenvalue weighted by Gasteiger charge is -2.54. The van der Waals surface area contributed by atoms with E-state index in [-0.39, 0.29) is 23.8 Å². The van der Waals surface area contributed by atoms with Crippen LogP contribution in [0.1, 0.15) is 40.0 Å². The second-order valence-corrected chi connectivity index (χ2v) is 9.32. The lowest BCUT2D eigenvalue weighted by Crippen LogP contribution is -2.62.